The van der Waals surface area contributed by atoms with E-state index in [0.717, 1.165) is 11.1 Å². The molecule has 2 atom stereocenters. The highest BCUT2D eigenvalue weighted by Crippen LogP contribution is 2.51. The Morgan fingerprint density at radius 1 is 1.06 bits per heavy atom. The second-order valence-electron chi connectivity index (χ2n) is 8.18. The van der Waals surface area contributed by atoms with Crippen molar-refractivity contribution in [3.63, 3.8) is 0 Å². The third-order valence-electron chi connectivity index (χ3n) is 5.80. The lowest BCUT2D eigenvalue weighted by molar-refractivity contribution is -0.228. The number of halogens is 3. The van der Waals surface area contributed by atoms with E-state index in [9.17, 15) is 18.3 Å². The summed E-state index contributed by atoms with van der Waals surface area (Å²) in [5.41, 5.74) is 4.91. The molecule has 0 bridgehead atoms. The lowest BCUT2D eigenvalue weighted by Gasteiger charge is -2.33. The number of benzene rings is 2. The van der Waals surface area contributed by atoms with E-state index in [2.05, 4.69) is 15.9 Å². The standard InChI is InChI=1S/C25H18F3N3O3/c1-23(32,25(26,27)28)9-8-15-4-6-20-18(11-15)24(14-33-22(29)31-24)19-12-16(5-7-21(19)34-20)17-3-2-10-30-13-17/h2-7,10-13,32H,14H2,1H3,(H2,29,31)/t23-,24+/m0/s1. The Balaban J connectivity index is 1.64. The van der Waals surface area contributed by atoms with E-state index in [-0.39, 0.29) is 18.2 Å². The van der Waals surface area contributed by atoms with Crippen molar-refractivity contribution >= 4 is 6.02 Å². The highest BCUT2D eigenvalue weighted by molar-refractivity contribution is 5.78. The molecule has 3 aromatic rings. The topological polar surface area (TPSA) is 90.0 Å². The van der Waals surface area contributed by atoms with Crippen molar-refractivity contribution in [1.29, 1.82) is 0 Å². The second-order valence-corrected chi connectivity index (χ2v) is 8.18. The van der Waals surface area contributed by atoms with Crippen LogP contribution in [0, 0.1) is 11.8 Å². The zero-order valence-corrected chi connectivity index (χ0v) is 17.8. The molecule has 172 valence electrons. The quantitative estimate of drug-likeness (QED) is 0.528. The van der Waals surface area contributed by atoms with Crippen LogP contribution in [0.1, 0.15) is 23.6 Å². The van der Waals surface area contributed by atoms with Gasteiger partial charge < -0.3 is 20.3 Å². The van der Waals surface area contributed by atoms with Crippen molar-refractivity contribution in [3.8, 4) is 34.5 Å². The number of aromatic nitrogens is 1. The maximum atomic E-state index is 13.0. The van der Waals surface area contributed by atoms with Crippen molar-refractivity contribution in [1.82, 2.24) is 4.98 Å². The first-order chi connectivity index (χ1) is 16.1. The van der Waals surface area contributed by atoms with Gasteiger partial charge in [-0.1, -0.05) is 24.0 Å². The molecule has 9 heteroatoms. The summed E-state index contributed by atoms with van der Waals surface area (Å²) in [7, 11) is 0. The van der Waals surface area contributed by atoms with Crippen LogP contribution in [0.3, 0.4) is 0 Å². The van der Waals surface area contributed by atoms with Gasteiger partial charge in [0.2, 0.25) is 5.60 Å². The summed E-state index contributed by atoms with van der Waals surface area (Å²) in [5, 5.41) is 9.67. The lowest BCUT2D eigenvalue weighted by Crippen LogP contribution is -2.40. The third kappa shape index (κ3) is 3.53. The normalized spacial score (nSPS) is 20.1. The van der Waals surface area contributed by atoms with Crippen LogP contribution in [0.15, 0.2) is 65.9 Å². The number of nitrogens with two attached hydrogens (primary N) is 1. The second kappa shape index (κ2) is 7.50. The molecule has 0 amide bonds. The van der Waals surface area contributed by atoms with Gasteiger partial charge in [0.1, 0.15) is 18.1 Å². The van der Waals surface area contributed by atoms with Crippen molar-refractivity contribution in [2.45, 2.75) is 24.2 Å². The Bertz CT molecular complexity index is 1370. The summed E-state index contributed by atoms with van der Waals surface area (Å²) in [6, 6.07) is 14.1. The Kier molecular flexibility index (Phi) is 4.81. The van der Waals surface area contributed by atoms with Crippen molar-refractivity contribution < 1.29 is 27.8 Å². The van der Waals surface area contributed by atoms with E-state index in [1.807, 2.05) is 36.3 Å². The molecule has 0 aliphatic carbocycles. The highest BCUT2D eigenvalue weighted by Gasteiger charge is 2.49. The summed E-state index contributed by atoms with van der Waals surface area (Å²) in [6.45, 7) is 0.685. The van der Waals surface area contributed by atoms with Gasteiger partial charge in [0.05, 0.1) is 0 Å². The predicted molar refractivity (Wildman–Crippen MR) is 118 cm³/mol. The number of aliphatic imine (C=N–C) groups is 1. The minimum absolute atomic E-state index is 0.0120. The number of fused-ring (bicyclic) bond motifs is 4. The predicted octanol–water partition coefficient (Wildman–Crippen LogP) is 4.11. The van der Waals surface area contributed by atoms with E-state index in [1.54, 1.807) is 24.5 Å². The Morgan fingerprint density at radius 3 is 2.44 bits per heavy atom. The van der Waals surface area contributed by atoms with Crippen LogP contribution in [0.2, 0.25) is 0 Å². The molecule has 2 aliphatic rings. The molecular formula is C25H18F3N3O3. The minimum Gasteiger partial charge on any atom is -0.462 e. The molecule has 0 radical (unpaired) electrons. The summed E-state index contributed by atoms with van der Waals surface area (Å²) in [5.74, 6) is 5.33. The van der Waals surface area contributed by atoms with Crippen LogP contribution in [0.25, 0.3) is 11.1 Å². The summed E-state index contributed by atoms with van der Waals surface area (Å²) in [4.78, 5) is 8.75. The molecule has 34 heavy (non-hydrogen) atoms. The Labute approximate surface area is 192 Å². The van der Waals surface area contributed by atoms with Gasteiger partial charge in [-0.25, -0.2) is 4.99 Å². The fraction of sp³-hybridized carbons (Fsp3) is 0.200. The zero-order valence-electron chi connectivity index (χ0n) is 17.8. The van der Waals surface area contributed by atoms with Gasteiger partial charge in [-0.2, -0.15) is 13.2 Å². The van der Waals surface area contributed by atoms with Gasteiger partial charge in [-0.3, -0.25) is 4.98 Å². The molecule has 3 N–H and O–H groups in total. The number of aliphatic hydroxyl groups is 1. The number of alkyl halides is 3. The first-order valence-corrected chi connectivity index (χ1v) is 10.3. The fourth-order valence-corrected chi connectivity index (χ4v) is 3.91. The van der Waals surface area contributed by atoms with E-state index in [0.29, 0.717) is 29.5 Å². The van der Waals surface area contributed by atoms with Gasteiger partial charge in [0, 0.05) is 34.6 Å². The summed E-state index contributed by atoms with van der Waals surface area (Å²) in [6.07, 6.45) is -1.48. The number of hydrogen-bond acceptors (Lipinski definition) is 6. The van der Waals surface area contributed by atoms with Crippen molar-refractivity contribution in [3.05, 3.63) is 77.6 Å². The largest absolute Gasteiger partial charge is 0.462 e. The molecule has 1 spiro atoms. The number of ether oxygens (including phenoxy) is 2. The van der Waals surface area contributed by atoms with Gasteiger partial charge in [-0.05, 0) is 48.9 Å². The average Bonchev–Trinajstić information content (AvgIpc) is 3.20. The number of amidine groups is 1. The SMILES string of the molecule is C[C@](O)(C#Cc1ccc2c(c1)[C@]1(COC(N)=N1)c1cc(-c3cccnc3)ccc1O2)C(F)(F)F. The van der Waals surface area contributed by atoms with E-state index < -0.39 is 17.3 Å². The van der Waals surface area contributed by atoms with Crippen LogP contribution >= 0.6 is 0 Å². The van der Waals surface area contributed by atoms with Crippen LogP contribution in [0.4, 0.5) is 13.2 Å². The zero-order chi connectivity index (χ0) is 24.1. The fourth-order valence-electron chi connectivity index (χ4n) is 3.91. The number of hydrogen-bond donors (Lipinski definition) is 2. The molecule has 1 aromatic heterocycles. The summed E-state index contributed by atoms with van der Waals surface area (Å²) < 4.78 is 50.7. The smallest absolute Gasteiger partial charge is 0.428 e. The van der Waals surface area contributed by atoms with Gasteiger partial charge in [0.25, 0.3) is 6.02 Å². The van der Waals surface area contributed by atoms with Crippen LogP contribution in [-0.2, 0) is 10.3 Å². The molecule has 0 unspecified atom stereocenters. The van der Waals surface area contributed by atoms with E-state index in [1.165, 1.54) is 6.07 Å². The molecule has 5 rings (SSSR count). The first-order valence-electron chi connectivity index (χ1n) is 10.3. The molecule has 3 heterocycles. The molecular weight excluding hydrogens is 447 g/mol. The Hall–Kier alpha value is -4.03. The van der Waals surface area contributed by atoms with Gasteiger partial charge in [0.15, 0.2) is 5.54 Å². The lowest BCUT2D eigenvalue weighted by atomic mass is 9.80. The monoisotopic (exact) mass is 465 g/mol. The molecule has 2 aliphatic heterocycles. The molecule has 0 fully saturated rings. The number of nitrogens with zero attached hydrogens (tertiary/aromatic N) is 2. The van der Waals surface area contributed by atoms with Crippen molar-refractivity contribution in [2.24, 2.45) is 10.7 Å². The van der Waals surface area contributed by atoms with Gasteiger partial charge in [-0.15, -0.1) is 0 Å². The third-order valence-corrected chi connectivity index (χ3v) is 5.80. The molecule has 6 nitrogen and oxygen atoms in total. The maximum absolute atomic E-state index is 13.0. The highest BCUT2D eigenvalue weighted by atomic mass is 19.4. The van der Waals surface area contributed by atoms with Crippen molar-refractivity contribution in [2.75, 3.05) is 6.61 Å². The van der Waals surface area contributed by atoms with Gasteiger partial charge >= 0.3 is 6.18 Å². The van der Waals surface area contributed by atoms with E-state index in [4.69, 9.17) is 15.2 Å². The van der Waals surface area contributed by atoms with Crippen LogP contribution in [-0.4, -0.2) is 34.5 Å². The van der Waals surface area contributed by atoms with Crippen LogP contribution in [0.5, 0.6) is 11.5 Å². The van der Waals surface area contributed by atoms with E-state index >= 15 is 0 Å². The first kappa shape index (κ1) is 21.8. The minimum atomic E-state index is -4.89. The number of rotatable bonds is 1. The van der Waals surface area contributed by atoms with Crippen LogP contribution < -0.4 is 10.5 Å². The Morgan fingerprint density at radius 2 is 1.79 bits per heavy atom. The number of pyridine rings is 1. The average molecular weight is 465 g/mol. The molecule has 0 saturated carbocycles. The molecule has 2 aromatic carbocycles. The molecule has 0 saturated heterocycles. The summed E-state index contributed by atoms with van der Waals surface area (Å²) >= 11 is 0. The maximum Gasteiger partial charge on any atom is 0.428 e.